The number of alkyl halides is 1. The zero-order chi connectivity index (χ0) is 20.1. The predicted octanol–water partition coefficient (Wildman–Crippen LogP) is 2.25. The molecule has 1 aliphatic heterocycles. The lowest BCUT2D eigenvalue weighted by molar-refractivity contribution is -0.141. The van der Waals surface area contributed by atoms with Crippen molar-refractivity contribution < 1.29 is 23.9 Å². The number of Topliss-reactive ketones (excluding diaryl/α,β-unsaturated/α-hetero) is 1. The number of carbonyl (C=O) groups excluding carboxylic acids is 2. The van der Waals surface area contributed by atoms with Crippen molar-refractivity contribution in [3.05, 3.63) is 23.3 Å². The molecule has 0 spiro atoms. The monoisotopic (exact) mass is 380 g/mol. The van der Waals surface area contributed by atoms with Crippen LogP contribution in [0.4, 0.5) is 4.39 Å². The van der Waals surface area contributed by atoms with Crippen molar-refractivity contribution in [2.24, 2.45) is 5.92 Å². The predicted molar refractivity (Wildman–Crippen MR) is 100.0 cm³/mol. The number of carbonyl (C=O) groups is 3. The van der Waals surface area contributed by atoms with Crippen LogP contribution >= 0.6 is 0 Å². The molecule has 7 heteroatoms. The summed E-state index contributed by atoms with van der Waals surface area (Å²) in [5.74, 6) is -2.23. The quantitative estimate of drug-likeness (QED) is 0.641. The van der Waals surface area contributed by atoms with E-state index >= 15 is 0 Å². The van der Waals surface area contributed by atoms with Crippen LogP contribution in [0.3, 0.4) is 0 Å². The number of rotatable bonds is 9. The van der Waals surface area contributed by atoms with Crippen molar-refractivity contribution in [2.75, 3.05) is 13.2 Å². The van der Waals surface area contributed by atoms with Crippen LogP contribution in [-0.2, 0) is 14.4 Å². The molecule has 27 heavy (non-hydrogen) atoms. The molecular formula is C20H29FN2O4. The molecule has 1 amide bonds. The molecule has 150 valence electrons. The molecule has 0 aromatic carbocycles. The van der Waals surface area contributed by atoms with Gasteiger partial charge in [-0.15, -0.1) is 0 Å². The lowest BCUT2D eigenvalue weighted by Crippen LogP contribution is -2.57. The third-order valence-corrected chi connectivity index (χ3v) is 5.71. The van der Waals surface area contributed by atoms with Crippen molar-refractivity contribution in [2.45, 2.75) is 64.6 Å². The maximum absolute atomic E-state index is 12.8. The van der Waals surface area contributed by atoms with Crippen molar-refractivity contribution in [1.82, 2.24) is 10.2 Å². The first-order valence-electron chi connectivity index (χ1n) is 9.58. The molecule has 2 N–H and O–H groups in total. The number of carboxylic acids is 1. The normalized spacial score (nSPS) is 24.4. The van der Waals surface area contributed by atoms with Crippen molar-refractivity contribution >= 4 is 17.7 Å². The Morgan fingerprint density at radius 1 is 1.37 bits per heavy atom. The Kier molecular flexibility index (Phi) is 7.30. The Bertz CT molecular complexity index is 658. The summed E-state index contributed by atoms with van der Waals surface area (Å²) in [6.45, 7) is 5.48. The van der Waals surface area contributed by atoms with Gasteiger partial charge in [0.15, 0.2) is 5.78 Å². The highest BCUT2D eigenvalue weighted by molar-refractivity contribution is 5.93. The van der Waals surface area contributed by atoms with E-state index in [9.17, 15) is 18.8 Å². The molecule has 0 aromatic rings. The van der Waals surface area contributed by atoms with Gasteiger partial charge in [-0.3, -0.25) is 19.3 Å². The molecule has 1 heterocycles. The Balaban J connectivity index is 2.19. The van der Waals surface area contributed by atoms with Gasteiger partial charge in [0.2, 0.25) is 5.91 Å². The summed E-state index contributed by atoms with van der Waals surface area (Å²) < 4.78 is 12.8. The molecule has 2 rings (SSSR count). The average Bonchev–Trinajstić information content (AvgIpc) is 2.64. The molecule has 6 nitrogen and oxygen atoms in total. The number of hydrogen-bond donors (Lipinski definition) is 2. The number of halogens is 1. The highest BCUT2D eigenvalue weighted by Crippen LogP contribution is 2.38. The minimum absolute atomic E-state index is 0.152. The Morgan fingerprint density at radius 3 is 2.63 bits per heavy atom. The van der Waals surface area contributed by atoms with E-state index in [0.29, 0.717) is 18.9 Å². The summed E-state index contributed by atoms with van der Waals surface area (Å²) in [6.07, 6.45) is 6.12. The summed E-state index contributed by atoms with van der Waals surface area (Å²) in [4.78, 5) is 37.6. The summed E-state index contributed by atoms with van der Waals surface area (Å²) in [5.41, 5.74) is 2.67. The molecule has 2 unspecified atom stereocenters. The van der Waals surface area contributed by atoms with E-state index in [2.05, 4.69) is 36.2 Å². The van der Waals surface area contributed by atoms with Crippen LogP contribution < -0.4 is 5.32 Å². The van der Waals surface area contributed by atoms with Crippen LogP contribution in [0.5, 0.6) is 0 Å². The summed E-state index contributed by atoms with van der Waals surface area (Å²) >= 11 is 0. The molecule has 0 radical (unpaired) electrons. The van der Waals surface area contributed by atoms with Gasteiger partial charge in [0, 0.05) is 12.6 Å². The van der Waals surface area contributed by atoms with Gasteiger partial charge in [0.1, 0.15) is 12.7 Å². The number of ketones is 1. The summed E-state index contributed by atoms with van der Waals surface area (Å²) in [7, 11) is 0. The fourth-order valence-electron chi connectivity index (χ4n) is 4.29. The van der Waals surface area contributed by atoms with Gasteiger partial charge in [0.05, 0.1) is 12.5 Å². The van der Waals surface area contributed by atoms with Crippen LogP contribution in [0.25, 0.3) is 0 Å². The number of allylic oxidation sites excluding steroid dienone is 1. The molecule has 0 fully saturated rings. The van der Waals surface area contributed by atoms with E-state index in [-0.39, 0.29) is 6.04 Å². The number of nitrogens with one attached hydrogen (secondary N) is 1. The van der Waals surface area contributed by atoms with E-state index in [4.69, 9.17) is 5.11 Å². The van der Waals surface area contributed by atoms with Crippen LogP contribution in [0.1, 0.15) is 46.5 Å². The highest BCUT2D eigenvalue weighted by Gasteiger charge is 2.39. The number of aliphatic carboxylic acids is 1. The SMILES string of the molecule is CCC1=C2C=CC[C@@H]1[C@H](C)N(C(CC)C(=O)NC(CC(=O)O)C(=O)CF)C2. The maximum atomic E-state index is 12.8. The van der Waals surface area contributed by atoms with Crippen molar-refractivity contribution in [3.8, 4) is 0 Å². The second kappa shape index (κ2) is 9.26. The largest absolute Gasteiger partial charge is 0.481 e. The standard InChI is InChI=1S/C20H29FN2O4/c1-4-14-13-7-6-8-15(14)12(3)23(11-13)17(5-2)20(27)22-16(9-19(25)26)18(24)10-21/h6-7,12,15-17H,4-5,8-11H2,1-3H3,(H,22,27)(H,25,26)/t12-,15+,16?,17?/m0/s1. The van der Waals surface area contributed by atoms with Gasteiger partial charge in [-0.25, -0.2) is 4.39 Å². The van der Waals surface area contributed by atoms with E-state index in [1.165, 1.54) is 11.1 Å². The second-order valence-electron chi connectivity index (χ2n) is 7.24. The van der Waals surface area contributed by atoms with E-state index in [0.717, 1.165) is 12.8 Å². The topological polar surface area (TPSA) is 86.7 Å². The van der Waals surface area contributed by atoms with Crippen LogP contribution in [0.2, 0.25) is 0 Å². The van der Waals surface area contributed by atoms with Gasteiger partial charge in [-0.1, -0.05) is 31.6 Å². The molecule has 4 atom stereocenters. The van der Waals surface area contributed by atoms with Crippen LogP contribution in [0.15, 0.2) is 23.3 Å². The number of amides is 1. The number of nitrogens with zero attached hydrogens (tertiary/aromatic N) is 1. The van der Waals surface area contributed by atoms with Crippen LogP contribution in [-0.4, -0.2) is 59.0 Å². The van der Waals surface area contributed by atoms with Gasteiger partial charge in [-0.2, -0.15) is 0 Å². The third-order valence-electron chi connectivity index (χ3n) is 5.71. The highest BCUT2D eigenvalue weighted by atomic mass is 19.1. The molecule has 0 saturated carbocycles. The molecule has 1 aliphatic carbocycles. The molecule has 2 aliphatic rings. The lowest BCUT2D eigenvalue weighted by Gasteiger charge is -2.46. The average molecular weight is 380 g/mol. The van der Waals surface area contributed by atoms with Gasteiger partial charge < -0.3 is 10.4 Å². The van der Waals surface area contributed by atoms with E-state index in [1.807, 2.05) is 6.92 Å². The summed E-state index contributed by atoms with van der Waals surface area (Å²) in [6, 6.07) is -1.68. The first kappa shape index (κ1) is 21.3. The van der Waals surface area contributed by atoms with Gasteiger partial charge >= 0.3 is 5.97 Å². The Morgan fingerprint density at radius 2 is 2.07 bits per heavy atom. The van der Waals surface area contributed by atoms with Crippen molar-refractivity contribution in [3.63, 3.8) is 0 Å². The number of hydrogen-bond acceptors (Lipinski definition) is 4. The Hall–Kier alpha value is -2.02. The minimum atomic E-state index is -1.33. The Labute approximate surface area is 159 Å². The minimum Gasteiger partial charge on any atom is -0.481 e. The molecule has 2 bridgehead atoms. The fraction of sp³-hybridized carbons (Fsp3) is 0.650. The second-order valence-corrected chi connectivity index (χ2v) is 7.24. The number of fused-ring (bicyclic) bond motifs is 1. The number of carboxylic acid groups (broad SMARTS) is 1. The lowest BCUT2D eigenvalue weighted by atomic mass is 9.76. The molecular weight excluding hydrogens is 351 g/mol. The zero-order valence-corrected chi connectivity index (χ0v) is 16.2. The first-order valence-corrected chi connectivity index (χ1v) is 9.58. The van der Waals surface area contributed by atoms with Gasteiger partial charge in [0.25, 0.3) is 0 Å². The summed E-state index contributed by atoms with van der Waals surface area (Å²) in [5, 5.41) is 11.4. The van der Waals surface area contributed by atoms with E-state index < -0.39 is 42.8 Å². The molecule has 0 aromatic heterocycles. The zero-order valence-electron chi connectivity index (χ0n) is 16.2. The smallest absolute Gasteiger partial charge is 0.305 e. The van der Waals surface area contributed by atoms with Gasteiger partial charge in [-0.05, 0) is 37.7 Å². The first-order chi connectivity index (χ1) is 12.8. The molecule has 0 saturated heterocycles. The van der Waals surface area contributed by atoms with Crippen molar-refractivity contribution in [1.29, 1.82) is 0 Å². The van der Waals surface area contributed by atoms with E-state index in [1.54, 1.807) is 0 Å². The third kappa shape index (κ3) is 4.64. The fourth-order valence-corrected chi connectivity index (χ4v) is 4.29. The maximum Gasteiger partial charge on any atom is 0.305 e. The van der Waals surface area contributed by atoms with Crippen LogP contribution in [0, 0.1) is 5.92 Å².